The van der Waals surface area contributed by atoms with E-state index in [1.807, 2.05) is 31.2 Å². The number of nitrogens with zero attached hydrogens (tertiary/aromatic N) is 1. The van der Waals surface area contributed by atoms with Gasteiger partial charge in [0.15, 0.2) is 0 Å². The number of aliphatic hydroxyl groups is 4. The number of carbonyl (C=O) groups is 2. The molecule has 0 spiro atoms. The van der Waals surface area contributed by atoms with Crippen molar-refractivity contribution in [2.75, 3.05) is 13.2 Å². The van der Waals surface area contributed by atoms with Crippen LogP contribution in [-0.2, 0) is 22.4 Å². The quantitative estimate of drug-likeness (QED) is 0.246. The van der Waals surface area contributed by atoms with Crippen LogP contribution in [0.1, 0.15) is 72.4 Å². The van der Waals surface area contributed by atoms with E-state index in [9.17, 15) is 35.1 Å². The number of phenolic OH excluding ortho intramolecular Hbond substituents is 1. The fourth-order valence-corrected chi connectivity index (χ4v) is 6.52. The van der Waals surface area contributed by atoms with Crippen LogP contribution < -0.4 is 5.32 Å². The number of carbonyl (C=O) groups excluding carboxylic acids is 2. The number of rotatable bonds is 9. The van der Waals surface area contributed by atoms with Gasteiger partial charge >= 0.3 is 6.03 Å². The second-order valence-electron chi connectivity index (χ2n) is 12.1. The molecule has 0 aromatic heterocycles. The van der Waals surface area contributed by atoms with Crippen molar-refractivity contribution in [3.8, 4) is 5.75 Å². The lowest BCUT2D eigenvalue weighted by Crippen LogP contribution is -2.55. The van der Waals surface area contributed by atoms with E-state index in [0.29, 0.717) is 25.3 Å². The van der Waals surface area contributed by atoms with Gasteiger partial charge in [0.05, 0.1) is 6.61 Å². The molecule has 42 heavy (non-hydrogen) atoms. The van der Waals surface area contributed by atoms with Crippen LogP contribution in [0.25, 0.3) is 0 Å². The van der Waals surface area contributed by atoms with Crippen molar-refractivity contribution >= 4 is 11.9 Å². The second-order valence-corrected chi connectivity index (χ2v) is 12.1. The molecule has 3 fully saturated rings. The lowest BCUT2D eigenvalue weighted by atomic mass is 9.85. The first-order chi connectivity index (χ1) is 20.2. The molecule has 3 amide bonds. The zero-order chi connectivity index (χ0) is 30.0. The van der Waals surface area contributed by atoms with Crippen molar-refractivity contribution in [3.63, 3.8) is 0 Å². The van der Waals surface area contributed by atoms with Crippen LogP contribution in [0.15, 0.2) is 36.4 Å². The van der Waals surface area contributed by atoms with E-state index in [0.717, 1.165) is 41.5 Å². The van der Waals surface area contributed by atoms with E-state index in [2.05, 4.69) is 5.32 Å². The van der Waals surface area contributed by atoms with Gasteiger partial charge in [0.1, 0.15) is 42.3 Å². The molecule has 2 saturated heterocycles. The number of ether oxygens (including phenoxy) is 1. The number of aromatic hydroxyl groups is 1. The summed E-state index contributed by atoms with van der Waals surface area (Å²) in [6.07, 6.45) is 0.998. The first-order valence-corrected chi connectivity index (χ1v) is 15.0. The molecule has 0 bridgehead atoms. The molecule has 2 heterocycles. The summed E-state index contributed by atoms with van der Waals surface area (Å²) in [4.78, 5) is 26.8. The van der Waals surface area contributed by atoms with Gasteiger partial charge in [-0.3, -0.25) is 9.69 Å². The van der Waals surface area contributed by atoms with Crippen molar-refractivity contribution in [1.82, 2.24) is 10.2 Å². The van der Waals surface area contributed by atoms with Crippen molar-refractivity contribution in [2.24, 2.45) is 5.92 Å². The van der Waals surface area contributed by atoms with Crippen molar-refractivity contribution in [3.05, 3.63) is 64.2 Å². The number of aliphatic hydroxyl groups excluding tert-OH is 4. The average molecular weight is 583 g/mol. The van der Waals surface area contributed by atoms with Gasteiger partial charge in [-0.05, 0) is 66.5 Å². The minimum atomic E-state index is -1.54. The van der Waals surface area contributed by atoms with Crippen LogP contribution in [0, 0.1) is 12.8 Å². The minimum absolute atomic E-state index is 0.114. The van der Waals surface area contributed by atoms with Crippen molar-refractivity contribution in [2.45, 2.75) is 94.9 Å². The van der Waals surface area contributed by atoms with Crippen LogP contribution >= 0.6 is 0 Å². The summed E-state index contributed by atoms with van der Waals surface area (Å²) in [6.45, 7) is 1.63. The third-order valence-corrected chi connectivity index (χ3v) is 9.13. The fourth-order valence-electron chi connectivity index (χ4n) is 6.52. The highest BCUT2D eigenvalue weighted by atomic mass is 16.5. The Hall–Kier alpha value is -3.02. The van der Waals surface area contributed by atoms with Crippen molar-refractivity contribution in [1.29, 1.82) is 0 Å². The lowest BCUT2D eigenvalue weighted by Gasteiger charge is -2.40. The molecular formula is C32H42N2O8. The summed E-state index contributed by atoms with van der Waals surface area (Å²) in [5.41, 5.74) is 3.95. The van der Waals surface area contributed by atoms with Crippen LogP contribution in [0.4, 0.5) is 4.79 Å². The molecule has 6 atom stereocenters. The number of aryl methyl sites for hydroxylation is 1. The molecule has 10 heteroatoms. The summed E-state index contributed by atoms with van der Waals surface area (Å²) in [6, 6.07) is 10.5. The molecule has 2 aliphatic heterocycles. The topological polar surface area (TPSA) is 160 Å². The standard InChI is InChI=1S/C32H42N2O8/c1-18-13-25(36)23(30-29(39)28(38)27(37)26(17-35)42-30)16-22(18)14-21-9-7-19(8-10-21)11-12-34-31(40)24(33-32(34)41)15-20-5-3-2-4-6-20/h7-10,13,16,20,24,26-30,35-39H,2-6,11-12,14-15,17H2,1H3,(H,33,41)/t24-,26+,27+,28-,29+,30-/m0/s1. The number of imide groups is 1. The average Bonchev–Trinajstić information content (AvgIpc) is 3.25. The zero-order valence-corrected chi connectivity index (χ0v) is 24.0. The maximum absolute atomic E-state index is 12.9. The molecule has 2 aromatic carbocycles. The number of amides is 3. The maximum atomic E-state index is 12.9. The first-order valence-electron chi connectivity index (χ1n) is 15.0. The van der Waals surface area contributed by atoms with E-state index in [4.69, 9.17) is 4.74 Å². The molecule has 1 aliphatic carbocycles. The molecule has 228 valence electrons. The molecule has 10 nitrogen and oxygen atoms in total. The molecule has 6 N–H and O–H groups in total. The Morgan fingerprint density at radius 2 is 1.64 bits per heavy atom. The molecule has 5 rings (SSSR count). The Labute approximate surface area is 245 Å². The fraction of sp³-hybridized carbons (Fsp3) is 0.562. The summed E-state index contributed by atoms with van der Waals surface area (Å²) in [5, 5.41) is 53.9. The van der Waals surface area contributed by atoms with Crippen LogP contribution in [-0.4, -0.2) is 86.0 Å². The van der Waals surface area contributed by atoms with Gasteiger partial charge in [-0.2, -0.15) is 0 Å². The van der Waals surface area contributed by atoms with E-state index in [1.54, 1.807) is 12.1 Å². The number of phenols is 1. The SMILES string of the molecule is Cc1cc(O)c([C@@H]2O[C@H](CO)[C@@H](O)[C@H](O)[C@H]2O)cc1Cc1ccc(CCN2C(=O)N[C@@H](CC3CCCCC3)C2=O)cc1. The Balaban J connectivity index is 1.21. The highest BCUT2D eigenvalue weighted by Gasteiger charge is 2.45. The van der Waals surface area contributed by atoms with Gasteiger partial charge in [0.2, 0.25) is 0 Å². The summed E-state index contributed by atoms with van der Waals surface area (Å²) in [5.74, 6) is 0.267. The minimum Gasteiger partial charge on any atom is -0.508 e. The molecule has 1 saturated carbocycles. The smallest absolute Gasteiger partial charge is 0.324 e. The maximum Gasteiger partial charge on any atom is 0.324 e. The van der Waals surface area contributed by atoms with Crippen LogP contribution in [0.3, 0.4) is 0 Å². The third-order valence-electron chi connectivity index (χ3n) is 9.13. The van der Waals surface area contributed by atoms with E-state index >= 15 is 0 Å². The summed E-state index contributed by atoms with van der Waals surface area (Å²) >= 11 is 0. The Morgan fingerprint density at radius 1 is 0.952 bits per heavy atom. The van der Waals surface area contributed by atoms with Gasteiger partial charge in [0, 0.05) is 12.1 Å². The van der Waals surface area contributed by atoms with Gasteiger partial charge in [-0.25, -0.2) is 4.79 Å². The zero-order valence-electron chi connectivity index (χ0n) is 24.0. The summed E-state index contributed by atoms with van der Waals surface area (Å²) < 4.78 is 5.66. The van der Waals surface area contributed by atoms with Crippen LogP contribution in [0.5, 0.6) is 5.75 Å². The number of nitrogens with one attached hydrogen (secondary N) is 1. The van der Waals surface area contributed by atoms with Gasteiger partial charge in [-0.1, -0.05) is 56.4 Å². The third kappa shape index (κ3) is 6.48. The molecule has 2 aromatic rings. The van der Waals surface area contributed by atoms with Gasteiger partial charge < -0.3 is 35.6 Å². The van der Waals surface area contributed by atoms with E-state index in [-0.39, 0.29) is 23.3 Å². The number of hydrogen-bond donors (Lipinski definition) is 6. The highest BCUT2D eigenvalue weighted by Crippen LogP contribution is 2.38. The molecule has 3 aliphatic rings. The predicted molar refractivity (Wildman–Crippen MR) is 154 cm³/mol. The van der Waals surface area contributed by atoms with E-state index < -0.39 is 43.2 Å². The lowest BCUT2D eigenvalue weighted by molar-refractivity contribution is -0.232. The van der Waals surface area contributed by atoms with Crippen LogP contribution in [0.2, 0.25) is 0 Å². The largest absolute Gasteiger partial charge is 0.508 e. The van der Waals surface area contributed by atoms with E-state index in [1.165, 1.54) is 24.2 Å². The molecule has 0 unspecified atom stereocenters. The Morgan fingerprint density at radius 3 is 2.33 bits per heavy atom. The van der Waals surface area contributed by atoms with Gasteiger partial charge in [-0.15, -0.1) is 0 Å². The van der Waals surface area contributed by atoms with Gasteiger partial charge in [0.25, 0.3) is 5.91 Å². The predicted octanol–water partition coefficient (Wildman–Crippen LogP) is 2.24. The Bertz CT molecular complexity index is 1260. The molecular weight excluding hydrogens is 540 g/mol. The van der Waals surface area contributed by atoms with Crippen molar-refractivity contribution < 1.29 is 39.9 Å². The molecule has 0 radical (unpaired) electrons. The normalized spacial score (nSPS) is 28.7. The Kier molecular flexibility index (Phi) is 9.49. The second kappa shape index (κ2) is 13.1. The number of hydrogen-bond acceptors (Lipinski definition) is 8. The first kappa shape index (κ1) is 30.4. The number of benzene rings is 2. The number of urea groups is 1. The highest BCUT2D eigenvalue weighted by molar-refractivity contribution is 6.04. The summed E-state index contributed by atoms with van der Waals surface area (Å²) in [7, 11) is 0. The monoisotopic (exact) mass is 582 g/mol.